The first-order chi connectivity index (χ1) is 12.5. The maximum Gasteiger partial charge on any atom is 0.311 e. The van der Waals surface area contributed by atoms with Crippen LogP contribution in [0.25, 0.3) is 0 Å². The fourth-order valence-electron chi connectivity index (χ4n) is 2.43. The van der Waals surface area contributed by atoms with Crippen LogP contribution in [-0.4, -0.2) is 31.7 Å². The Kier molecular flexibility index (Phi) is 6.37. The Labute approximate surface area is 150 Å². The van der Waals surface area contributed by atoms with Crippen molar-refractivity contribution in [3.05, 3.63) is 58.1 Å². The molecular weight excluding hydrogens is 340 g/mol. The Balaban J connectivity index is 1.97. The van der Waals surface area contributed by atoms with E-state index < -0.39 is 4.92 Å². The van der Waals surface area contributed by atoms with Crippen molar-refractivity contribution in [2.24, 2.45) is 0 Å². The molecule has 0 fully saturated rings. The first-order valence-corrected chi connectivity index (χ1v) is 7.83. The molecule has 0 saturated heterocycles. The fraction of sp³-hybridized carbons (Fsp3) is 0.278. The van der Waals surface area contributed by atoms with E-state index in [1.165, 1.54) is 25.3 Å². The van der Waals surface area contributed by atoms with Gasteiger partial charge in [0.25, 0.3) is 5.91 Å². The Bertz CT molecular complexity index is 793. The molecule has 0 aromatic heterocycles. The number of rotatable bonds is 8. The lowest BCUT2D eigenvalue weighted by Gasteiger charge is -2.17. The van der Waals surface area contributed by atoms with Gasteiger partial charge in [-0.2, -0.15) is 0 Å². The number of benzene rings is 2. The molecule has 1 amide bonds. The van der Waals surface area contributed by atoms with Crippen LogP contribution in [-0.2, 0) is 4.79 Å². The molecule has 0 bridgehead atoms. The molecule has 0 unspecified atom stereocenters. The number of nitro groups is 1. The van der Waals surface area contributed by atoms with Crippen molar-refractivity contribution in [2.45, 2.75) is 13.0 Å². The van der Waals surface area contributed by atoms with Crippen LogP contribution in [0.4, 0.5) is 5.69 Å². The number of nitrogens with zero attached hydrogens (tertiary/aromatic N) is 1. The van der Waals surface area contributed by atoms with Crippen LogP contribution >= 0.6 is 0 Å². The molecular formula is C18H20N2O6. The third kappa shape index (κ3) is 4.62. The van der Waals surface area contributed by atoms with Gasteiger partial charge in [0, 0.05) is 17.7 Å². The lowest BCUT2D eigenvalue weighted by molar-refractivity contribution is -0.385. The number of hydrogen-bond acceptors (Lipinski definition) is 6. The van der Waals surface area contributed by atoms with Crippen molar-refractivity contribution >= 4 is 11.6 Å². The van der Waals surface area contributed by atoms with Gasteiger partial charge in [0.1, 0.15) is 11.5 Å². The van der Waals surface area contributed by atoms with Gasteiger partial charge < -0.3 is 19.5 Å². The smallest absolute Gasteiger partial charge is 0.311 e. The van der Waals surface area contributed by atoms with Crippen LogP contribution in [0.2, 0.25) is 0 Å². The van der Waals surface area contributed by atoms with Crippen LogP contribution in [0.3, 0.4) is 0 Å². The van der Waals surface area contributed by atoms with Crippen molar-refractivity contribution < 1.29 is 23.9 Å². The highest BCUT2D eigenvalue weighted by atomic mass is 16.6. The number of ether oxygens (including phenoxy) is 3. The van der Waals surface area contributed by atoms with Crippen LogP contribution in [0.1, 0.15) is 18.5 Å². The average Bonchev–Trinajstić information content (AvgIpc) is 2.65. The first-order valence-electron chi connectivity index (χ1n) is 7.83. The highest BCUT2D eigenvalue weighted by Gasteiger charge is 2.17. The summed E-state index contributed by atoms with van der Waals surface area (Å²) in [5.41, 5.74) is 0.675. The van der Waals surface area contributed by atoms with Gasteiger partial charge in [0.05, 0.1) is 25.2 Å². The monoisotopic (exact) mass is 360 g/mol. The van der Waals surface area contributed by atoms with E-state index in [4.69, 9.17) is 14.2 Å². The molecule has 1 N–H and O–H groups in total. The largest absolute Gasteiger partial charge is 0.496 e. The summed E-state index contributed by atoms with van der Waals surface area (Å²) in [6.07, 6.45) is 0. The van der Waals surface area contributed by atoms with E-state index >= 15 is 0 Å². The van der Waals surface area contributed by atoms with Crippen molar-refractivity contribution in [3.63, 3.8) is 0 Å². The number of amides is 1. The quantitative estimate of drug-likeness (QED) is 0.574. The van der Waals surface area contributed by atoms with Crippen LogP contribution < -0.4 is 19.5 Å². The summed E-state index contributed by atoms with van der Waals surface area (Å²) in [7, 11) is 2.90. The Morgan fingerprint density at radius 2 is 1.85 bits per heavy atom. The van der Waals surface area contributed by atoms with E-state index in [2.05, 4.69) is 5.32 Å². The van der Waals surface area contributed by atoms with Gasteiger partial charge in [0.2, 0.25) is 5.75 Å². The number of nitrogens with one attached hydrogen (secondary N) is 1. The summed E-state index contributed by atoms with van der Waals surface area (Å²) in [5.74, 6) is 0.713. The minimum Gasteiger partial charge on any atom is -0.496 e. The average molecular weight is 360 g/mol. The molecule has 2 rings (SSSR count). The first kappa shape index (κ1) is 19.0. The molecule has 8 heteroatoms. The summed E-state index contributed by atoms with van der Waals surface area (Å²) < 4.78 is 15.6. The lowest BCUT2D eigenvalue weighted by atomic mass is 10.1. The third-order valence-electron chi connectivity index (χ3n) is 3.70. The molecule has 0 aliphatic carbocycles. The summed E-state index contributed by atoms with van der Waals surface area (Å²) in [5, 5.41) is 13.7. The van der Waals surface area contributed by atoms with E-state index in [1.54, 1.807) is 7.11 Å². The van der Waals surface area contributed by atoms with Crippen molar-refractivity contribution in [1.29, 1.82) is 0 Å². The van der Waals surface area contributed by atoms with Crippen LogP contribution in [0, 0.1) is 10.1 Å². The molecule has 138 valence electrons. The highest BCUT2D eigenvalue weighted by molar-refractivity contribution is 5.78. The molecule has 0 saturated carbocycles. The number of nitro benzene ring substituents is 1. The summed E-state index contributed by atoms with van der Waals surface area (Å²) in [6, 6.07) is 11.2. The molecule has 0 aliphatic heterocycles. The Hall–Kier alpha value is -3.29. The van der Waals surface area contributed by atoms with Crippen molar-refractivity contribution in [1.82, 2.24) is 5.32 Å². The highest BCUT2D eigenvalue weighted by Crippen LogP contribution is 2.30. The topological polar surface area (TPSA) is 99.9 Å². The molecule has 0 radical (unpaired) electrons. The molecule has 0 aliphatic rings. The SMILES string of the molecule is COc1ccccc1[C@H](C)NC(=O)COc1ccc([N+](=O)[O-])c(OC)c1. The minimum atomic E-state index is -0.551. The van der Waals surface area contributed by atoms with E-state index in [9.17, 15) is 14.9 Å². The van der Waals surface area contributed by atoms with Crippen LogP contribution in [0.15, 0.2) is 42.5 Å². The number of carbonyl (C=O) groups excluding carboxylic acids is 1. The lowest BCUT2D eigenvalue weighted by Crippen LogP contribution is -2.31. The summed E-state index contributed by atoms with van der Waals surface area (Å²) >= 11 is 0. The van der Waals surface area contributed by atoms with E-state index in [1.807, 2.05) is 31.2 Å². The van der Waals surface area contributed by atoms with E-state index in [-0.39, 0.29) is 30.0 Å². The zero-order valence-corrected chi connectivity index (χ0v) is 14.7. The predicted molar refractivity (Wildman–Crippen MR) is 94.7 cm³/mol. The molecule has 1 atom stereocenters. The number of hydrogen-bond donors (Lipinski definition) is 1. The van der Waals surface area contributed by atoms with Gasteiger partial charge in [-0.15, -0.1) is 0 Å². The number of methoxy groups -OCH3 is 2. The zero-order chi connectivity index (χ0) is 19.1. The van der Waals surface area contributed by atoms with Gasteiger partial charge in [-0.05, 0) is 19.1 Å². The second kappa shape index (κ2) is 8.70. The number of para-hydroxylation sites is 1. The standard InChI is InChI=1S/C18H20N2O6/c1-12(14-6-4-5-7-16(14)24-2)19-18(21)11-26-13-8-9-15(20(22)23)17(10-13)25-3/h4-10,12H,11H2,1-3H3,(H,19,21)/t12-/m0/s1. The third-order valence-corrected chi connectivity index (χ3v) is 3.70. The van der Waals surface area contributed by atoms with Crippen molar-refractivity contribution in [3.8, 4) is 17.2 Å². The Morgan fingerprint density at radius 3 is 2.50 bits per heavy atom. The van der Waals surface area contributed by atoms with Gasteiger partial charge in [0.15, 0.2) is 6.61 Å². The molecule has 2 aromatic rings. The normalized spacial score (nSPS) is 11.3. The fourth-order valence-corrected chi connectivity index (χ4v) is 2.43. The van der Waals surface area contributed by atoms with Gasteiger partial charge in [-0.25, -0.2) is 0 Å². The molecule has 26 heavy (non-hydrogen) atoms. The Morgan fingerprint density at radius 1 is 1.15 bits per heavy atom. The van der Waals surface area contributed by atoms with E-state index in [0.29, 0.717) is 11.5 Å². The molecule has 0 heterocycles. The molecule has 8 nitrogen and oxygen atoms in total. The summed E-state index contributed by atoms with van der Waals surface area (Å²) in [4.78, 5) is 22.4. The zero-order valence-electron chi connectivity index (χ0n) is 14.7. The summed E-state index contributed by atoms with van der Waals surface area (Å²) in [6.45, 7) is 1.60. The number of carbonyl (C=O) groups is 1. The van der Waals surface area contributed by atoms with E-state index in [0.717, 1.165) is 5.56 Å². The maximum atomic E-state index is 12.1. The van der Waals surface area contributed by atoms with Gasteiger partial charge >= 0.3 is 5.69 Å². The van der Waals surface area contributed by atoms with Crippen molar-refractivity contribution in [2.75, 3.05) is 20.8 Å². The van der Waals surface area contributed by atoms with Gasteiger partial charge in [-0.1, -0.05) is 18.2 Å². The second-order valence-electron chi connectivity index (χ2n) is 5.41. The van der Waals surface area contributed by atoms with Crippen LogP contribution in [0.5, 0.6) is 17.2 Å². The molecule has 2 aromatic carbocycles. The second-order valence-corrected chi connectivity index (χ2v) is 5.41. The minimum absolute atomic E-state index is 0.0651. The predicted octanol–water partition coefficient (Wildman–Crippen LogP) is 2.87. The maximum absolute atomic E-state index is 12.1. The molecule has 0 spiro atoms. The van der Waals surface area contributed by atoms with Gasteiger partial charge in [-0.3, -0.25) is 14.9 Å².